The number of carbonyl (C=O) groups excluding carboxylic acids is 2. The molecule has 0 aliphatic carbocycles. The number of amides is 2. The molecule has 23 heavy (non-hydrogen) atoms. The molecule has 0 radical (unpaired) electrons. The van der Waals surface area contributed by atoms with E-state index in [-0.39, 0.29) is 24.8 Å². The van der Waals surface area contributed by atoms with Crippen LogP contribution in [0.5, 0.6) is 0 Å². The van der Waals surface area contributed by atoms with Crippen molar-refractivity contribution in [2.45, 2.75) is 13.3 Å². The van der Waals surface area contributed by atoms with Crippen LogP contribution in [0.4, 0.5) is 5.69 Å². The minimum Gasteiger partial charge on any atom is -0.352 e. The highest BCUT2D eigenvalue weighted by Gasteiger charge is 2.10. The molecule has 6 heteroatoms. The number of carbonyl (C=O) groups is 2. The van der Waals surface area contributed by atoms with Gasteiger partial charge in [-0.05, 0) is 30.7 Å². The summed E-state index contributed by atoms with van der Waals surface area (Å²) in [5.41, 5.74) is 1.94. The summed E-state index contributed by atoms with van der Waals surface area (Å²) in [6.07, 6.45) is 0.139. The van der Waals surface area contributed by atoms with E-state index in [2.05, 4.69) is 10.6 Å². The van der Waals surface area contributed by atoms with Crippen LogP contribution < -0.4 is 10.6 Å². The van der Waals surface area contributed by atoms with E-state index in [1.807, 2.05) is 19.1 Å². The molecule has 2 aromatic carbocycles. The van der Waals surface area contributed by atoms with Crippen LogP contribution in [0, 0.1) is 6.92 Å². The number of rotatable bonds is 5. The predicted octanol–water partition coefficient (Wildman–Crippen LogP) is 4.06. The Balaban J connectivity index is 1.84. The van der Waals surface area contributed by atoms with Crippen LogP contribution in [0.2, 0.25) is 10.0 Å². The van der Waals surface area contributed by atoms with Crippen LogP contribution in [0.25, 0.3) is 0 Å². The zero-order valence-corrected chi connectivity index (χ0v) is 14.0. The molecule has 0 unspecified atom stereocenters. The van der Waals surface area contributed by atoms with Crippen molar-refractivity contribution in [1.82, 2.24) is 5.32 Å². The molecule has 2 amide bonds. The van der Waals surface area contributed by atoms with Crippen LogP contribution in [0.1, 0.15) is 22.3 Å². The summed E-state index contributed by atoms with van der Waals surface area (Å²) >= 11 is 11.9. The first-order chi connectivity index (χ1) is 11.0. The van der Waals surface area contributed by atoms with Gasteiger partial charge in [-0.15, -0.1) is 0 Å². The van der Waals surface area contributed by atoms with Crippen molar-refractivity contribution in [3.8, 4) is 0 Å². The number of nitrogens with one attached hydrogen (secondary N) is 2. The summed E-state index contributed by atoms with van der Waals surface area (Å²) in [5.74, 6) is -0.448. The highest BCUT2D eigenvalue weighted by molar-refractivity contribution is 6.43. The van der Waals surface area contributed by atoms with Crippen LogP contribution in [-0.4, -0.2) is 18.4 Å². The van der Waals surface area contributed by atoms with Gasteiger partial charge in [0.15, 0.2) is 0 Å². The first kappa shape index (κ1) is 17.3. The highest BCUT2D eigenvalue weighted by atomic mass is 35.5. The lowest BCUT2D eigenvalue weighted by Crippen LogP contribution is -2.28. The first-order valence-electron chi connectivity index (χ1n) is 7.06. The Morgan fingerprint density at radius 3 is 2.52 bits per heavy atom. The minimum absolute atomic E-state index is 0.139. The minimum atomic E-state index is -0.251. The Labute approximate surface area is 144 Å². The molecule has 0 heterocycles. The molecule has 2 N–H and O–H groups in total. The molecule has 0 saturated heterocycles. The fourth-order valence-corrected chi connectivity index (χ4v) is 2.37. The standard InChI is InChI=1S/C17H16Cl2N2O2/c1-11-5-2-3-6-12(11)17(23)20-10-9-15(22)21-14-8-4-7-13(18)16(14)19/h2-8H,9-10H2,1H3,(H,20,23)(H,21,22). The molecule has 0 bridgehead atoms. The van der Waals surface area contributed by atoms with E-state index in [4.69, 9.17) is 23.2 Å². The van der Waals surface area contributed by atoms with E-state index in [0.717, 1.165) is 5.56 Å². The molecular formula is C17H16Cl2N2O2. The predicted molar refractivity (Wildman–Crippen MR) is 93.2 cm³/mol. The van der Waals surface area contributed by atoms with E-state index < -0.39 is 0 Å². The van der Waals surface area contributed by atoms with Crippen molar-refractivity contribution in [3.05, 3.63) is 63.6 Å². The third-order valence-electron chi connectivity index (χ3n) is 3.25. The van der Waals surface area contributed by atoms with Gasteiger partial charge >= 0.3 is 0 Å². The lowest BCUT2D eigenvalue weighted by molar-refractivity contribution is -0.116. The van der Waals surface area contributed by atoms with Gasteiger partial charge in [-0.2, -0.15) is 0 Å². The second kappa shape index (κ2) is 7.99. The fourth-order valence-electron chi connectivity index (χ4n) is 2.03. The lowest BCUT2D eigenvalue weighted by atomic mass is 10.1. The number of benzene rings is 2. The number of hydrogen-bond donors (Lipinski definition) is 2. The van der Waals surface area contributed by atoms with Gasteiger partial charge in [0.05, 0.1) is 15.7 Å². The van der Waals surface area contributed by atoms with Crippen molar-refractivity contribution in [2.75, 3.05) is 11.9 Å². The molecule has 2 rings (SSSR count). The molecule has 0 fully saturated rings. The number of anilines is 1. The fraction of sp³-hybridized carbons (Fsp3) is 0.176. The van der Waals surface area contributed by atoms with E-state index in [0.29, 0.717) is 21.3 Å². The molecule has 0 atom stereocenters. The van der Waals surface area contributed by atoms with Crippen molar-refractivity contribution >= 4 is 40.7 Å². The smallest absolute Gasteiger partial charge is 0.251 e. The number of aryl methyl sites for hydroxylation is 1. The van der Waals surface area contributed by atoms with Crippen molar-refractivity contribution < 1.29 is 9.59 Å². The molecule has 0 aliphatic rings. The molecule has 4 nitrogen and oxygen atoms in total. The quantitative estimate of drug-likeness (QED) is 0.854. The van der Waals surface area contributed by atoms with Gasteiger partial charge in [0.2, 0.25) is 5.91 Å². The van der Waals surface area contributed by atoms with Gasteiger partial charge in [0.25, 0.3) is 5.91 Å². The molecule has 0 aliphatic heterocycles. The average Bonchev–Trinajstić information content (AvgIpc) is 2.52. The molecule has 0 saturated carbocycles. The van der Waals surface area contributed by atoms with Gasteiger partial charge in [-0.25, -0.2) is 0 Å². The van der Waals surface area contributed by atoms with Gasteiger partial charge in [0.1, 0.15) is 0 Å². The van der Waals surface area contributed by atoms with Crippen molar-refractivity contribution in [3.63, 3.8) is 0 Å². The molecule has 0 spiro atoms. The van der Waals surface area contributed by atoms with Gasteiger partial charge in [0, 0.05) is 18.5 Å². The summed E-state index contributed by atoms with van der Waals surface area (Å²) < 4.78 is 0. The summed E-state index contributed by atoms with van der Waals surface area (Å²) in [4.78, 5) is 23.9. The monoisotopic (exact) mass is 350 g/mol. The molecule has 0 aromatic heterocycles. The molecule has 120 valence electrons. The first-order valence-corrected chi connectivity index (χ1v) is 7.82. The third-order valence-corrected chi connectivity index (χ3v) is 4.07. The Morgan fingerprint density at radius 2 is 1.78 bits per heavy atom. The maximum atomic E-state index is 12.0. The number of halogens is 2. The molecule has 2 aromatic rings. The SMILES string of the molecule is Cc1ccccc1C(=O)NCCC(=O)Nc1cccc(Cl)c1Cl. The molecular weight excluding hydrogens is 335 g/mol. The van der Waals surface area contributed by atoms with E-state index in [1.54, 1.807) is 30.3 Å². The van der Waals surface area contributed by atoms with Gasteiger partial charge < -0.3 is 10.6 Å². The van der Waals surface area contributed by atoms with Gasteiger partial charge in [-0.1, -0.05) is 47.5 Å². The normalized spacial score (nSPS) is 10.2. The summed E-state index contributed by atoms with van der Waals surface area (Å²) in [5, 5.41) is 6.06. The maximum Gasteiger partial charge on any atom is 0.251 e. The summed E-state index contributed by atoms with van der Waals surface area (Å²) in [6, 6.07) is 12.3. The van der Waals surface area contributed by atoms with Crippen LogP contribution in [-0.2, 0) is 4.79 Å². The second-order valence-electron chi connectivity index (χ2n) is 4.97. The van der Waals surface area contributed by atoms with Gasteiger partial charge in [-0.3, -0.25) is 9.59 Å². The number of hydrogen-bond acceptors (Lipinski definition) is 2. The topological polar surface area (TPSA) is 58.2 Å². The van der Waals surface area contributed by atoms with E-state index >= 15 is 0 Å². The van der Waals surface area contributed by atoms with E-state index in [1.165, 1.54) is 0 Å². The van der Waals surface area contributed by atoms with Crippen molar-refractivity contribution in [1.29, 1.82) is 0 Å². The Kier molecular flexibility index (Phi) is 6.02. The third kappa shape index (κ3) is 4.71. The van der Waals surface area contributed by atoms with Crippen LogP contribution in [0.3, 0.4) is 0 Å². The Morgan fingerprint density at radius 1 is 1.04 bits per heavy atom. The Hall–Kier alpha value is -2.04. The zero-order chi connectivity index (χ0) is 16.8. The lowest BCUT2D eigenvalue weighted by Gasteiger charge is -2.09. The Bertz CT molecular complexity index is 732. The van der Waals surface area contributed by atoms with E-state index in [9.17, 15) is 9.59 Å². The summed E-state index contributed by atoms with van der Waals surface area (Å²) in [7, 11) is 0. The van der Waals surface area contributed by atoms with Crippen LogP contribution in [0.15, 0.2) is 42.5 Å². The van der Waals surface area contributed by atoms with Crippen LogP contribution >= 0.6 is 23.2 Å². The summed E-state index contributed by atoms with van der Waals surface area (Å²) in [6.45, 7) is 2.10. The second-order valence-corrected chi connectivity index (χ2v) is 5.76. The average molecular weight is 351 g/mol. The largest absolute Gasteiger partial charge is 0.352 e. The van der Waals surface area contributed by atoms with Crippen molar-refractivity contribution in [2.24, 2.45) is 0 Å². The highest BCUT2D eigenvalue weighted by Crippen LogP contribution is 2.29. The zero-order valence-electron chi connectivity index (χ0n) is 12.5. The maximum absolute atomic E-state index is 12.0.